The van der Waals surface area contributed by atoms with Gasteiger partial charge in [0.25, 0.3) is 5.69 Å². The van der Waals surface area contributed by atoms with E-state index in [0.29, 0.717) is 12.0 Å². The summed E-state index contributed by atoms with van der Waals surface area (Å²) in [6, 6.07) is 4.75. The zero-order chi connectivity index (χ0) is 12.8. The monoisotopic (exact) mass is 350 g/mol. The van der Waals surface area contributed by atoms with Crippen molar-refractivity contribution < 1.29 is 14.6 Å². The minimum Gasteiger partial charge on any atom is -0.273 e. The van der Waals surface area contributed by atoms with Crippen LogP contribution in [-0.2, 0) is 16.2 Å². The molecule has 0 atom stereocenters. The molecule has 0 aromatic heterocycles. The third-order valence-electron chi connectivity index (χ3n) is 2.01. The van der Waals surface area contributed by atoms with Gasteiger partial charge in [-0.25, -0.2) is 5.48 Å². The number of hydrogen-bond acceptors (Lipinski definition) is 4. The van der Waals surface area contributed by atoms with Gasteiger partial charge < -0.3 is 0 Å². The van der Waals surface area contributed by atoms with Crippen LogP contribution < -0.4 is 5.48 Å². The fraction of sp³-hybridized carbons (Fsp3) is 0.300. The van der Waals surface area contributed by atoms with Gasteiger partial charge in [0, 0.05) is 16.1 Å². The number of hydrogen-bond donors (Lipinski definition) is 1. The van der Waals surface area contributed by atoms with Crippen molar-refractivity contribution in [2.75, 3.05) is 0 Å². The molecule has 0 heterocycles. The third kappa shape index (κ3) is 3.93. The Morgan fingerprint density at radius 3 is 2.88 bits per heavy atom. The first-order valence-electron chi connectivity index (χ1n) is 4.88. The van der Waals surface area contributed by atoms with Crippen LogP contribution in [0.2, 0.25) is 0 Å². The van der Waals surface area contributed by atoms with E-state index in [9.17, 15) is 14.9 Å². The summed E-state index contributed by atoms with van der Waals surface area (Å²) in [6.45, 7) is 1.66. The molecule has 1 amide bonds. The van der Waals surface area contributed by atoms with Gasteiger partial charge in [-0.1, -0.05) is 13.0 Å². The van der Waals surface area contributed by atoms with Gasteiger partial charge in [-0.05, 0) is 28.7 Å². The van der Waals surface area contributed by atoms with Gasteiger partial charge in [0.05, 0.1) is 10.5 Å². The first-order valence-corrected chi connectivity index (χ1v) is 5.96. The predicted molar refractivity (Wildman–Crippen MR) is 69.0 cm³/mol. The van der Waals surface area contributed by atoms with Crippen molar-refractivity contribution in [3.8, 4) is 0 Å². The highest BCUT2D eigenvalue weighted by Gasteiger charge is 2.16. The average molecular weight is 350 g/mol. The van der Waals surface area contributed by atoms with E-state index in [4.69, 9.17) is 4.84 Å². The molecule has 7 heteroatoms. The first-order chi connectivity index (χ1) is 8.06. The number of halogens is 1. The normalized spacial score (nSPS) is 10.0. The van der Waals surface area contributed by atoms with E-state index in [-0.39, 0.29) is 18.2 Å². The van der Waals surface area contributed by atoms with E-state index < -0.39 is 4.92 Å². The van der Waals surface area contributed by atoms with Gasteiger partial charge in [0.2, 0.25) is 5.91 Å². The van der Waals surface area contributed by atoms with Crippen LogP contribution in [0.5, 0.6) is 0 Å². The second-order valence-corrected chi connectivity index (χ2v) is 4.32. The number of nitrogens with zero attached hydrogens (tertiary/aromatic N) is 1. The summed E-state index contributed by atoms with van der Waals surface area (Å²) in [7, 11) is 0. The van der Waals surface area contributed by atoms with Crippen molar-refractivity contribution in [2.45, 2.75) is 20.0 Å². The summed E-state index contributed by atoms with van der Waals surface area (Å²) in [5.41, 5.74) is 2.65. The minimum atomic E-state index is -0.470. The van der Waals surface area contributed by atoms with E-state index in [1.165, 1.54) is 6.07 Å². The molecule has 6 nitrogen and oxygen atoms in total. The highest BCUT2D eigenvalue weighted by molar-refractivity contribution is 14.1. The van der Waals surface area contributed by atoms with Crippen molar-refractivity contribution >= 4 is 34.2 Å². The van der Waals surface area contributed by atoms with Gasteiger partial charge in [-0.15, -0.1) is 0 Å². The van der Waals surface area contributed by atoms with Crippen LogP contribution in [0.25, 0.3) is 0 Å². The van der Waals surface area contributed by atoms with Crippen LogP contribution >= 0.6 is 22.6 Å². The lowest BCUT2D eigenvalue weighted by Crippen LogP contribution is -2.22. The van der Waals surface area contributed by atoms with Crippen molar-refractivity contribution in [2.24, 2.45) is 0 Å². The average Bonchev–Trinajstić information content (AvgIpc) is 2.30. The smallest absolute Gasteiger partial charge is 0.273 e. The molecule has 0 saturated carbocycles. The van der Waals surface area contributed by atoms with Gasteiger partial charge in [0.15, 0.2) is 0 Å². The molecule has 17 heavy (non-hydrogen) atoms. The maximum atomic E-state index is 10.9. The Labute approximate surface area is 112 Å². The van der Waals surface area contributed by atoms with Crippen LogP contribution in [0.1, 0.15) is 18.9 Å². The SMILES string of the molecule is CCC(=O)NOCc1c(I)cccc1[N+](=O)[O-]. The maximum Gasteiger partial charge on any atom is 0.276 e. The van der Waals surface area contributed by atoms with E-state index in [1.54, 1.807) is 19.1 Å². The van der Waals surface area contributed by atoms with Crippen LogP contribution in [0.4, 0.5) is 5.69 Å². The fourth-order valence-corrected chi connectivity index (χ4v) is 1.76. The first kappa shape index (κ1) is 13.8. The zero-order valence-electron chi connectivity index (χ0n) is 9.10. The number of nitro groups is 1. The Hall–Kier alpha value is -1.22. The molecule has 0 unspecified atom stereocenters. The van der Waals surface area contributed by atoms with Gasteiger partial charge >= 0.3 is 0 Å². The van der Waals surface area contributed by atoms with Crippen LogP contribution in [0, 0.1) is 13.7 Å². The van der Waals surface area contributed by atoms with Crippen molar-refractivity contribution in [1.82, 2.24) is 5.48 Å². The number of hydroxylamine groups is 1. The highest BCUT2D eigenvalue weighted by Crippen LogP contribution is 2.24. The highest BCUT2D eigenvalue weighted by atomic mass is 127. The molecule has 1 rings (SSSR count). The summed E-state index contributed by atoms with van der Waals surface area (Å²) in [5.74, 6) is -0.265. The Morgan fingerprint density at radius 2 is 2.29 bits per heavy atom. The summed E-state index contributed by atoms with van der Waals surface area (Å²) in [5, 5.41) is 10.8. The Morgan fingerprint density at radius 1 is 1.59 bits per heavy atom. The number of carbonyl (C=O) groups is 1. The number of amides is 1. The second kappa shape index (κ2) is 6.50. The van der Waals surface area contributed by atoms with Crippen LogP contribution in [-0.4, -0.2) is 10.8 Å². The Bertz CT molecular complexity index is 436. The maximum absolute atomic E-state index is 10.9. The Balaban J connectivity index is 2.76. The number of nitrogens with one attached hydrogen (secondary N) is 1. The molecule has 92 valence electrons. The summed E-state index contributed by atoms with van der Waals surface area (Å²) < 4.78 is 0.725. The molecule has 1 aromatic rings. The summed E-state index contributed by atoms with van der Waals surface area (Å²) >= 11 is 1.99. The van der Waals surface area contributed by atoms with E-state index in [1.807, 2.05) is 22.6 Å². The minimum absolute atomic E-state index is 0.0114. The molecule has 0 radical (unpaired) electrons. The van der Waals surface area contributed by atoms with Crippen molar-refractivity contribution in [3.05, 3.63) is 37.4 Å². The summed E-state index contributed by atoms with van der Waals surface area (Å²) in [4.78, 5) is 26.2. The molecule has 1 N–H and O–H groups in total. The van der Waals surface area contributed by atoms with Crippen LogP contribution in [0.15, 0.2) is 18.2 Å². The topological polar surface area (TPSA) is 81.5 Å². The number of carbonyl (C=O) groups excluding carboxylic acids is 1. The molecular formula is C10H11IN2O4. The lowest BCUT2D eigenvalue weighted by Gasteiger charge is -2.07. The van der Waals surface area contributed by atoms with Gasteiger partial charge in [-0.2, -0.15) is 0 Å². The molecule has 0 bridgehead atoms. The zero-order valence-corrected chi connectivity index (χ0v) is 11.3. The molecule has 0 aliphatic rings. The molecule has 0 aliphatic carbocycles. The third-order valence-corrected chi connectivity index (χ3v) is 3.03. The quantitative estimate of drug-likeness (QED) is 0.501. The molecule has 1 aromatic carbocycles. The second-order valence-electron chi connectivity index (χ2n) is 3.16. The lowest BCUT2D eigenvalue weighted by atomic mass is 10.2. The molecule has 0 saturated heterocycles. The van der Waals surface area contributed by atoms with E-state index in [0.717, 1.165) is 3.57 Å². The van der Waals surface area contributed by atoms with Gasteiger partial charge in [0.1, 0.15) is 6.61 Å². The lowest BCUT2D eigenvalue weighted by molar-refractivity contribution is -0.386. The molecule has 0 aliphatic heterocycles. The number of benzene rings is 1. The molecule has 0 spiro atoms. The fourth-order valence-electron chi connectivity index (χ4n) is 1.12. The van der Waals surface area contributed by atoms with Gasteiger partial charge in [-0.3, -0.25) is 19.7 Å². The van der Waals surface area contributed by atoms with E-state index >= 15 is 0 Å². The van der Waals surface area contributed by atoms with E-state index in [2.05, 4.69) is 5.48 Å². The number of nitro benzene ring substituents is 1. The predicted octanol–water partition coefficient (Wildman–Crippen LogP) is 2.16. The standard InChI is InChI=1S/C10H11IN2O4/c1-2-10(14)12-17-6-7-8(11)4-3-5-9(7)13(15)16/h3-5H,2,6H2,1H3,(H,12,14). The number of rotatable bonds is 5. The summed E-state index contributed by atoms with van der Waals surface area (Å²) in [6.07, 6.45) is 0.300. The van der Waals surface area contributed by atoms with Crippen molar-refractivity contribution in [3.63, 3.8) is 0 Å². The Kier molecular flexibility index (Phi) is 5.29. The molecular weight excluding hydrogens is 339 g/mol. The van der Waals surface area contributed by atoms with Crippen molar-refractivity contribution in [1.29, 1.82) is 0 Å². The largest absolute Gasteiger partial charge is 0.276 e. The molecule has 0 fully saturated rings. The van der Waals surface area contributed by atoms with Crippen LogP contribution in [0.3, 0.4) is 0 Å².